The normalized spacial score (nSPS) is 11.7. The molecule has 1 atom stereocenters. The molecule has 0 aliphatic heterocycles. The Labute approximate surface area is 161 Å². The Morgan fingerprint density at radius 3 is 2.08 bits per heavy atom. The van der Waals surface area contributed by atoms with Gasteiger partial charge in [0.15, 0.2) is 0 Å². The molecule has 1 aromatic rings. The molecule has 0 spiro atoms. The first-order valence-electron chi connectivity index (χ1n) is 6.67. The number of thiol groups is 1. The molecule has 0 amide bonds. The summed E-state index contributed by atoms with van der Waals surface area (Å²) in [7, 11) is -0.313. The van der Waals surface area contributed by atoms with Crippen molar-refractivity contribution < 1.29 is 28.2 Å². The lowest BCUT2D eigenvalue weighted by Crippen LogP contribution is -2.24. The number of aryl methyl sites for hydroxylation is 1. The van der Waals surface area contributed by atoms with E-state index < -0.39 is 26.4 Å². The van der Waals surface area contributed by atoms with Crippen molar-refractivity contribution in [2.45, 2.75) is 16.4 Å². The molecular weight excluding hydrogens is 406 g/mol. The van der Waals surface area contributed by atoms with Gasteiger partial charge in [0.05, 0.1) is 10.6 Å². The molecule has 140 valence electrons. The summed E-state index contributed by atoms with van der Waals surface area (Å²) in [6.45, 7) is 1.81. The molecule has 1 aromatic carbocycles. The number of thioether (sulfide) groups is 1. The molecule has 1 rings (SSSR count). The molecule has 0 saturated heterocycles. The summed E-state index contributed by atoms with van der Waals surface area (Å²) >= 11 is 9.53. The quantitative estimate of drug-likeness (QED) is 0.480. The van der Waals surface area contributed by atoms with Crippen LogP contribution >= 0.6 is 36.6 Å². The predicted molar refractivity (Wildman–Crippen MR) is 105 cm³/mol. The van der Waals surface area contributed by atoms with Gasteiger partial charge in [-0.1, -0.05) is 41.7 Å². The first kappa shape index (κ1) is 23.7. The highest BCUT2D eigenvalue weighted by Gasteiger charge is 2.30. The first-order valence-corrected chi connectivity index (χ1v) is 10.1. The van der Waals surface area contributed by atoms with E-state index in [-0.39, 0.29) is 10.6 Å². The van der Waals surface area contributed by atoms with Gasteiger partial charge in [0.2, 0.25) is 14.4 Å². The fourth-order valence-electron chi connectivity index (χ4n) is 1.24. The van der Waals surface area contributed by atoms with Crippen LogP contribution in [0.25, 0.3) is 0 Å². The molecule has 0 aromatic heterocycles. The highest BCUT2D eigenvalue weighted by molar-refractivity contribution is 8.23. The second-order valence-electron chi connectivity index (χ2n) is 4.89. The predicted octanol–water partition coefficient (Wildman–Crippen LogP) is 1.76. The summed E-state index contributed by atoms with van der Waals surface area (Å²) in [5, 5.41) is 16.8. The van der Waals surface area contributed by atoms with Crippen LogP contribution < -0.4 is 0 Å². The van der Waals surface area contributed by atoms with Crippen molar-refractivity contribution in [2.75, 3.05) is 19.8 Å². The molecule has 0 aliphatic carbocycles. The fraction of sp³-hybridized carbons (Fsp3) is 0.357. The van der Waals surface area contributed by atoms with Crippen LogP contribution in [-0.4, -0.2) is 64.2 Å². The van der Waals surface area contributed by atoms with Crippen LogP contribution in [0, 0.1) is 6.92 Å². The van der Waals surface area contributed by atoms with E-state index in [0.29, 0.717) is 4.32 Å². The molecule has 0 radical (unpaired) electrons. The smallest absolute Gasteiger partial charge is 0.332 e. The number of benzene rings is 1. The van der Waals surface area contributed by atoms with Crippen molar-refractivity contribution in [2.24, 2.45) is 0 Å². The lowest BCUT2D eigenvalue weighted by Gasteiger charge is -2.10. The number of sulfone groups is 1. The average molecular weight is 426 g/mol. The van der Waals surface area contributed by atoms with Crippen LogP contribution in [0.5, 0.6) is 0 Å². The van der Waals surface area contributed by atoms with Crippen LogP contribution in [0.2, 0.25) is 0 Å². The zero-order chi connectivity index (χ0) is 19.8. The van der Waals surface area contributed by atoms with Gasteiger partial charge in [-0.3, -0.25) is 4.79 Å². The average Bonchev–Trinajstić information content (AvgIpc) is 2.52. The summed E-state index contributed by atoms with van der Waals surface area (Å²) in [5.74, 6) is -2.27. The molecule has 7 nitrogen and oxygen atoms in total. The van der Waals surface area contributed by atoms with Gasteiger partial charge in [-0.15, -0.1) is 12.6 Å². The molecule has 2 N–H and O–H groups in total. The van der Waals surface area contributed by atoms with Gasteiger partial charge in [0.1, 0.15) is 4.32 Å². The van der Waals surface area contributed by atoms with Crippen molar-refractivity contribution in [3.63, 3.8) is 0 Å². The maximum absolute atomic E-state index is 11.6. The van der Waals surface area contributed by atoms with Gasteiger partial charge in [0, 0.05) is 14.1 Å². The number of thiocarbonyl (C=S) groups is 1. The number of nitrogens with zero attached hydrogens (tertiary/aromatic N) is 1. The van der Waals surface area contributed by atoms with Gasteiger partial charge in [-0.25, -0.2) is 13.2 Å². The highest BCUT2D eigenvalue weighted by atomic mass is 32.2. The lowest BCUT2D eigenvalue weighted by atomic mass is 10.2. The SMILES string of the molecule is CN(C)C(=S)SCC(=O)O.Cc1ccc(S(=O)(=O)[C@H](S)C(=O)O)cc1. The Kier molecular flexibility index (Phi) is 10.1. The number of carboxylic acid groups (broad SMARTS) is 2. The van der Waals surface area contributed by atoms with E-state index in [0.717, 1.165) is 17.3 Å². The van der Waals surface area contributed by atoms with Crippen LogP contribution in [0.4, 0.5) is 0 Å². The van der Waals surface area contributed by atoms with Crippen molar-refractivity contribution in [1.29, 1.82) is 0 Å². The Morgan fingerprint density at radius 1 is 1.24 bits per heavy atom. The van der Waals surface area contributed by atoms with Crippen molar-refractivity contribution in [3.8, 4) is 0 Å². The largest absolute Gasteiger partial charge is 0.481 e. The van der Waals surface area contributed by atoms with Crippen LogP contribution in [0.3, 0.4) is 0 Å². The van der Waals surface area contributed by atoms with Gasteiger partial charge < -0.3 is 15.1 Å². The third kappa shape index (κ3) is 8.56. The summed E-state index contributed by atoms with van der Waals surface area (Å²) in [5.41, 5.74) is 0.903. The molecule has 0 aliphatic rings. The van der Waals surface area contributed by atoms with Crippen molar-refractivity contribution in [3.05, 3.63) is 29.8 Å². The van der Waals surface area contributed by atoms with Gasteiger partial charge in [0.25, 0.3) is 0 Å². The van der Waals surface area contributed by atoms with Crippen LogP contribution in [-0.2, 0) is 19.4 Å². The zero-order valence-electron chi connectivity index (χ0n) is 13.7. The number of rotatable bonds is 5. The summed E-state index contributed by atoms with van der Waals surface area (Å²) in [4.78, 5) is 22.2. The molecule has 25 heavy (non-hydrogen) atoms. The summed E-state index contributed by atoms with van der Waals surface area (Å²) in [6.07, 6.45) is 0. The standard InChI is InChI=1S/C9H10O4S2.C5H9NO2S2/c1-6-2-4-7(5-3-6)15(12,13)9(14)8(10)11;1-6(2)5(9)10-3-4(7)8/h2-5,9,14H,1H3,(H,10,11);3H2,1-2H3,(H,7,8)/t9-;/m0./s1. The topological polar surface area (TPSA) is 112 Å². The highest BCUT2D eigenvalue weighted by Crippen LogP contribution is 2.19. The van der Waals surface area contributed by atoms with E-state index in [9.17, 15) is 18.0 Å². The van der Waals surface area contributed by atoms with E-state index in [2.05, 4.69) is 12.6 Å². The zero-order valence-corrected chi connectivity index (χ0v) is 17.1. The molecular formula is C14H19NO6S4. The fourth-order valence-corrected chi connectivity index (χ4v) is 3.33. The van der Waals surface area contributed by atoms with E-state index in [1.54, 1.807) is 31.1 Å². The monoisotopic (exact) mass is 425 g/mol. The minimum absolute atomic E-state index is 0.0319. The molecule has 0 fully saturated rings. The second kappa shape index (κ2) is 10.6. The number of hydrogen-bond acceptors (Lipinski definition) is 7. The molecule has 11 heteroatoms. The Morgan fingerprint density at radius 2 is 1.72 bits per heavy atom. The maximum Gasteiger partial charge on any atom is 0.332 e. The number of carboxylic acids is 2. The van der Waals surface area contributed by atoms with Crippen molar-refractivity contribution in [1.82, 2.24) is 4.90 Å². The maximum atomic E-state index is 11.6. The number of hydrogen-bond donors (Lipinski definition) is 3. The summed E-state index contributed by atoms with van der Waals surface area (Å²) < 4.78 is 22.1. The van der Waals surface area contributed by atoms with E-state index >= 15 is 0 Å². The Hall–Kier alpha value is -1.30. The minimum atomic E-state index is -3.89. The van der Waals surface area contributed by atoms with E-state index in [1.165, 1.54) is 12.1 Å². The Balaban J connectivity index is 0.000000504. The van der Waals surface area contributed by atoms with Crippen molar-refractivity contribution >= 4 is 62.7 Å². The number of aliphatic carboxylic acids is 2. The van der Waals surface area contributed by atoms with Gasteiger partial charge in [-0.05, 0) is 19.1 Å². The first-order chi connectivity index (χ1) is 11.4. The lowest BCUT2D eigenvalue weighted by molar-refractivity contribution is -0.135. The van der Waals surface area contributed by atoms with Gasteiger partial charge in [-0.2, -0.15) is 0 Å². The minimum Gasteiger partial charge on any atom is -0.481 e. The molecule has 0 unspecified atom stereocenters. The van der Waals surface area contributed by atoms with Gasteiger partial charge >= 0.3 is 11.9 Å². The number of carbonyl (C=O) groups is 2. The molecule has 0 heterocycles. The third-order valence-electron chi connectivity index (χ3n) is 2.54. The Bertz CT molecular complexity index is 715. The summed E-state index contributed by atoms with van der Waals surface area (Å²) in [6, 6.07) is 5.96. The van der Waals surface area contributed by atoms with Crippen LogP contribution in [0.1, 0.15) is 5.56 Å². The second-order valence-corrected chi connectivity index (χ2v) is 9.40. The van der Waals surface area contributed by atoms with E-state index in [1.807, 2.05) is 6.92 Å². The molecule has 0 saturated carbocycles. The van der Waals surface area contributed by atoms with Crippen LogP contribution in [0.15, 0.2) is 29.2 Å². The van der Waals surface area contributed by atoms with E-state index in [4.69, 9.17) is 22.4 Å². The molecule has 0 bridgehead atoms. The third-order valence-corrected chi connectivity index (χ3v) is 7.03.